The van der Waals surface area contributed by atoms with Gasteiger partial charge in [0.05, 0.1) is 11.1 Å². The smallest absolute Gasteiger partial charge is 0.256 e. The van der Waals surface area contributed by atoms with Crippen LogP contribution in [0.15, 0.2) is 30.3 Å². The number of aromatic nitrogens is 3. The number of benzene rings is 1. The van der Waals surface area contributed by atoms with Crippen LogP contribution in [0, 0.1) is 24.6 Å². The van der Waals surface area contributed by atoms with Crippen LogP contribution in [-0.2, 0) is 11.2 Å². The van der Waals surface area contributed by atoms with E-state index in [1.165, 1.54) is 6.07 Å². The van der Waals surface area contributed by atoms with E-state index in [2.05, 4.69) is 30.7 Å². The molecule has 4 heterocycles. The average molecular weight is 506 g/mol. The lowest BCUT2D eigenvalue weighted by molar-refractivity contribution is -0.133. The molecule has 3 aliphatic rings. The molecule has 0 radical (unpaired) electrons. The van der Waals surface area contributed by atoms with Crippen LogP contribution >= 0.6 is 0 Å². The Labute approximate surface area is 214 Å². The SMILES string of the molecule is Cc1nc2nc(N3CCN(C(=O)c4cc(CC5NNC(=O)C6CCCCC56)ccc4F)CC3)ccc2[nH]1. The van der Waals surface area contributed by atoms with Crippen molar-refractivity contribution in [1.29, 1.82) is 0 Å². The van der Waals surface area contributed by atoms with E-state index >= 15 is 0 Å². The maximum absolute atomic E-state index is 14.8. The Hall–Kier alpha value is -3.53. The van der Waals surface area contributed by atoms with E-state index in [4.69, 9.17) is 0 Å². The molecule has 3 N–H and O–H groups in total. The third-order valence-electron chi connectivity index (χ3n) is 8.11. The number of hydrogen-bond acceptors (Lipinski definition) is 6. The molecule has 3 atom stereocenters. The number of halogens is 1. The van der Waals surface area contributed by atoms with Crippen molar-refractivity contribution in [2.24, 2.45) is 11.8 Å². The summed E-state index contributed by atoms with van der Waals surface area (Å²) in [4.78, 5) is 41.7. The molecule has 1 aliphatic carbocycles. The number of fused-ring (bicyclic) bond motifs is 2. The number of amides is 2. The van der Waals surface area contributed by atoms with Gasteiger partial charge in [-0.25, -0.2) is 19.8 Å². The first kappa shape index (κ1) is 23.8. The molecule has 194 valence electrons. The zero-order valence-electron chi connectivity index (χ0n) is 21.0. The molecule has 3 fully saturated rings. The molecule has 3 aromatic rings. The number of aryl methyl sites for hydroxylation is 1. The lowest BCUT2D eigenvalue weighted by atomic mass is 9.72. The predicted molar refractivity (Wildman–Crippen MR) is 137 cm³/mol. The maximum Gasteiger partial charge on any atom is 0.256 e. The number of imidazole rings is 1. The summed E-state index contributed by atoms with van der Waals surface area (Å²) in [7, 11) is 0. The lowest BCUT2D eigenvalue weighted by Gasteiger charge is -2.41. The second-order valence-electron chi connectivity index (χ2n) is 10.5. The van der Waals surface area contributed by atoms with Crippen molar-refractivity contribution in [2.75, 3.05) is 31.1 Å². The van der Waals surface area contributed by atoms with Crippen molar-refractivity contribution in [1.82, 2.24) is 30.7 Å². The van der Waals surface area contributed by atoms with Crippen LogP contribution < -0.4 is 15.8 Å². The van der Waals surface area contributed by atoms with Gasteiger partial charge in [0.25, 0.3) is 5.91 Å². The summed E-state index contributed by atoms with van der Waals surface area (Å²) >= 11 is 0. The Bertz CT molecular complexity index is 1330. The van der Waals surface area contributed by atoms with Crippen molar-refractivity contribution in [3.05, 3.63) is 53.1 Å². The first-order chi connectivity index (χ1) is 18.0. The summed E-state index contributed by atoms with van der Waals surface area (Å²) in [5, 5.41) is 0. The van der Waals surface area contributed by atoms with Crippen LogP contribution in [0.1, 0.15) is 47.4 Å². The quantitative estimate of drug-likeness (QED) is 0.504. The standard InChI is InChI=1S/C27H32FN7O2/c1-16-29-22-8-9-24(31-25(22)30-16)34-10-12-35(13-11-34)27(37)20-14-17(6-7-21(20)28)15-23-18-4-2-3-5-19(18)26(36)33-32-23/h6-9,14,18-19,23,32H,2-5,10-13,15H2,1H3,(H,33,36)(H,29,30,31). The Morgan fingerprint density at radius 1 is 1.08 bits per heavy atom. The van der Waals surface area contributed by atoms with Gasteiger partial charge in [0, 0.05) is 38.1 Å². The number of nitrogens with zero attached hydrogens (tertiary/aromatic N) is 4. The van der Waals surface area contributed by atoms with Gasteiger partial charge in [-0.1, -0.05) is 18.9 Å². The second kappa shape index (κ2) is 9.74. The molecule has 2 amide bonds. The fourth-order valence-corrected chi connectivity index (χ4v) is 6.14. The molecule has 0 bridgehead atoms. The van der Waals surface area contributed by atoms with Crippen molar-refractivity contribution in [3.63, 3.8) is 0 Å². The number of hydrogen-bond donors (Lipinski definition) is 3. The summed E-state index contributed by atoms with van der Waals surface area (Å²) in [5.74, 6) is 1.23. The molecule has 6 rings (SSSR count). The van der Waals surface area contributed by atoms with Gasteiger partial charge in [-0.15, -0.1) is 0 Å². The van der Waals surface area contributed by atoms with E-state index in [9.17, 15) is 14.0 Å². The minimum atomic E-state index is -0.502. The lowest BCUT2D eigenvalue weighted by Crippen LogP contribution is -2.60. The van der Waals surface area contributed by atoms with Crippen molar-refractivity contribution < 1.29 is 14.0 Å². The van der Waals surface area contributed by atoms with Crippen molar-refractivity contribution >= 4 is 28.8 Å². The number of nitrogens with one attached hydrogen (secondary N) is 3. The fourth-order valence-electron chi connectivity index (χ4n) is 6.14. The number of piperazine rings is 1. The molecular weight excluding hydrogens is 473 g/mol. The van der Waals surface area contributed by atoms with E-state index in [1.807, 2.05) is 19.1 Å². The number of carbonyl (C=O) groups is 2. The molecule has 1 aromatic carbocycles. The summed E-state index contributed by atoms with van der Waals surface area (Å²) in [5.41, 5.74) is 8.58. The van der Waals surface area contributed by atoms with Crippen LogP contribution in [0.5, 0.6) is 0 Å². The highest BCUT2D eigenvalue weighted by atomic mass is 19.1. The molecule has 0 spiro atoms. The van der Waals surface area contributed by atoms with Gasteiger partial charge >= 0.3 is 0 Å². The number of pyridine rings is 1. The van der Waals surface area contributed by atoms with Crippen LogP contribution in [0.4, 0.5) is 10.2 Å². The van der Waals surface area contributed by atoms with E-state index in [0.717, 1.165) is 48.4 Å². The van der Waals surface area contributed by atoms with E-state index in [1.54, 1.807) is 17.0 Å². The van der Waals surface area contributed by atoms with Crippen molar-refractivity contribution in [3.8, 4) is 0 Å². The molecule has 2 aromatic heterocycles. The normalized spacial score (nSPS) is 24.2. The topological polar surface area (TPSA) is 106 Å². The average Bonchev–Trinajstić information content (AvgIpc) is 3.30. The summed E-state index contributed by atoms with van der Waals surface area (Å²) in [6, 6.07) is 8.83. The van der Waals surface area contributed by atoms with Crippen LogP contribution in [-0.4, -0.2) is 63.9 Å². The van der Waals surface area contributed by atoms with E-state index in [-0.39, 0.29) is 35.3 Å². The molecule has 10 heteroatoms. The number of hydrazine groups is 1. The summed E-state index contributed by atoms with van der Waals surface area (Å²) in [6.07, 6.45) is 4.76. The number of H-pyrrole nitrogens is 1. The predicted octanol–water partition coefficient (Wildman–Crippen LogP) is 2.72. The first-order valence-electron chi connectivity index (χ1n) is 13.2. The highest BCUT2D eigenvalue weighted by Gasteiger charge is 2.40. The molecule has 2 saturated heterocycles. The molecule has 37 heavy (non-hydrogen) atoms. The number of rotatable bonds is 4. The Morgan fingerprint density at radius 3 is 2.73 bits per heavy atom. The Morgan fingerprint density at radius 2 is 1.89 bits per heavy atom. The molecule has 3 unspecified atom stereocenters. The zero-order chi connectivity index (χ0) is 25.5. The molecule has 2 aliphatic heterocycles. The highest BCUT2D eigenvalue weighted by Crippen LogP contribution is 2.35. The third-order valence-corrected chi connectivity index (χ3v) is 8.11. The monoisotopic (exact) mass is 505 g/mol. The van der Waals surface area contributed by atoms with Gasteiger partial charge in [-0.2, -0.15) is 0 Å². The Balaban J connectivity index is 1.12. The number of anilines is 1. The summed E-state index contributed by atoms with van der Waals surface area (Å²) < 4.78 is 14.8. The zero-order valence-corrected chi connectivity index (χ0v) is 21.0. The van der Waals surface area contributed by atoms with Crippen molar-refractivity contribution in [2.45, 2.75) is 45.1 Å². The maximum atomic E-state index is 14.8. The minimum Gasteiger partial charge on any atom is -0.353 e. The Kier molecular flexibility index (Phi) is 6.27. The number of carbonyl (C=O) groups excluding carboxylic acids is 2. The fraction of sp³-hybridized carbons (Fsp3) is 0.481. The highest BCUT2D eigenvalue weighted by molar-refractivity contribution is 5.95. The van der Waals surface area contributed by atoms with Crippen LogP contribution in [0.2, 0.25) is 0 Å². The van der Waals surface area contributed by atoms with Gasteiger partial charge in [0.2, 0.25) is 5.91 Å². The number of aromatic amines is 1. The van der Waals surface area contributed by atoms with Gasteiger partial charge in [0.15, 0.2) is 5.65 Å². The molecular formula is C27H32FN7O2. The van der Waals surface area contributed by atoms with Gasteiger partial charge < -0.3 is 14.8 Å². The van der Waals surface area contributed by atoms with Crippen LogP contribution in [0.3, 0.4) is 0 Å². The molecule has 9 nitrogen and oxygen atoms in total. The second-order valence-corrected chi connectivity index (χ2v) is 10.5. The largest absolute Gasteiger partial charge is 0.353 e. The first-order valence-corrected chi connectivity index (χ1v) is 13.2. The third kappa shape index (κ3) is 4.66. The summed E-state index contributed by atoms with van der Waals surface area (Å²) in [6.45, 7) is 4.10. The van der Waals surface area contributed by atoms with E-state index < -0.39 is 5.82 Å². The van der Waals surface area contributed by atoms with Gasteiger partial charge in [-0.05, 0) is 61.9 Å². The minimum absolute atomic E-state index is 0.0325. The van der Waals surface area contributed by atoms with Crippen LogP contribution in [0.25, 0.3) is 11.2 Å². The molecule has 1 saturated carbocycles. The van der Waals surface area contributed by atoms with Gasteiger partial charge in [-0.3, -0.25) is 15.0 Å². The van der Waals surface area contributed by atoms with E-state index in [0.29, 0.717) is 38.2 Å². The van der Waals surface area contributed by atoms with Gasteiger partial charge in [0.1, 0.15) is 17.5 Å².